The number of rotatable bonds is 44. The molecule has 9 nitrogen and oxygen atoms in total. The summed E-state index contributed by atoms with van der Waals surface area (Å²) < 4.78 is 33.5. The summed E-state index contributed by atoms with van der Waals surface area (Å²) in [6.07, 6.45) is 45.0. The fourth-order valence-corrected chi connectivity index (χ4v) is 7.30. The molecular formula is C47H90NO8P. The average molecular weight is 828 g/mol. The molecule has 0 aromatic rings. The quantitative estimate of drug-likeness (QED) is 0.0278. The van der Waals surface area contributed by atoms with Crippen LogP contribution in [0.3, 0.4) is 0 Å². The SMILES string of the molecule is CCCCCC/C=C\CCCCCCCCCC(=O)OC(COC(=O)CCCCCCCCCCC/C=C\CCCCCCCC)COP(=O)(O)OCCN(C)C. The van der Waals surface area contributed by atoms with Crippen LogP contribution in [0.15, 0.2) is 24.3 Å². The minimum atomic E-state index is -4.36. The number of phosphoric acid groups is 1. The summed E-state index contributed by atoms with van der Waals surface area (Å²) in [5, 5.41) is 0. The highest BCUT2D eigenvalue weighted by Crippen LogP contribution is 2.43. The van der Waals surface area contributed by atoms with E-state index in [1.54, 1.807) is 0 Å². The van der Waals surface area contributed by atoms with Gasteiger partial charge in [0.2, 0.25) is 0 Å². The minimum Gasteiger partial charge on any atom is -0.462 e. The largest absolute Gasteiger partial charge is 0.472 e. The Bertz CT molecular complexity index is 1000. The lowest BCUT2D eigenvalue weighted by Crippen LogP contribution is -2.29. The van der Waals surface area contributed by atoms with Gasteiger partial charge in [-0.3, -0.25) is 18.6 Å². The molecule has 0 bridgehead atoms. The predicted octanol–water partition coefficient (Wildman–Crippen LogP) is 13.8. The summed E-state index contributed by atoms with van der Waals surface area (Å²) in [5.74, 6) is -0.803. The highest BCUT2D eigenvalue weighted by molar-refractivity contribution is 7.47. The van der Waals surface area contributed by atoms with Crippen LogP contribution < -0.4 is 0 Å². The lowest BCUT2D eigenvalue weighted by molar-refractivity contribution is -0.161. The summed E-state index contributed by atoms with van der Waals surface area (Å²) in [4.78, 5) is 37.1. The Morgan fingerprint density at radius 3 is 1.32 bits per heavy atom. The van der Waals surface area contributed by atoms with Gasteiger partial charge in [-0.25, -0.2) is 4.57 Å². The lowest BCUT2D eigenvalue weighted by atomic mass is 10.1. The van der Waals surface area contributed by atoms with Crippen LogP contribution >= 0.6 is 7.82 Å². The maximum atomic E-state index is 12.7. The predicted molar refractivity (Wildman–Crippen MR) is 238 cm³/mol. The first kappa shape index (κ1) is 55.5. The van der Waals surface area contributed by atoms with Gasteiger partial charge in [0.1, 0.15) is 6.61 Å². The van der Waals surface area contributed by atoms with E-state index in [1.807, 2.05) is 19.0 Å². The fourth-order valence-electron chi connectivity index (χ4n) is 6.56. The minimum absolute atomic E-state index is 0.00765. The molecular weight excluding hydrogens is 737 g/mol. The molecule has 0 spiro atoms. The first-order valence-electron chi connectivity index (χ1n) is 23.6. The second-order valence-electron chi connectivity index (χ2n) is 16.3. The molecule has 0 aromatic heterocycles. The molecule has 0 aliphatic heterocycles. The van der Waals surface area contributed by atoms with Gasteiger partial charge in [-0.1, -0.05) is 167 Å². The van der Waals surface area contributed by atoms with Crippen LogP contribution in [-0.4, -0.2) is 68.3 Å². The molecule has 0 radical (unpaired) electrons. The number of ether oxygens (including phenoxy) is 2. The molecule has 1 N–H and O–H groups in total. The fraction of sp³-hybridized carbons (Fsp3) is 0.872. The van der Waals surface area contributed by atoms with Gasteiger partial charge in [-0.05, 0) is 78.3 Å². The third kappa shape index (κ3) is 43.9. The Morgan fingerprint density at radius 2 is 0.895 bits per heavy atom. The summed E-state index contributed by atoms with van der Waals surface area (Å²) in [6, 6.07) is 0. The zero-order valence-electron chi connectivity index (χ0n) is 37.5. The Hall–Kier alpha value is -1.51. The molecule has 0 heterocycles. The van der Waals surface area contributed by atoms with E-state index in [1.165, 1.54) is 141 Å². The number of nitrogens with zero attached hydrogens (tertiary/aromatic N) is 1. The maximum Gasteiger partial charge on any atom is 0.472 e. The monoisotopic (exact) mass is 828 g/mol. The van der Waals surface area contributed by atoms with Gasteiger partial charge >= 0.3 is 19.8 Å². The van der Waals surface area contributed by atoms with E-state index in [0.29, 0.717) is 13.0 Å². The number of likely N-dealkylation sites (N-methyl/N-ethyl adjacent to an activating group) is 1. The third-order valence-electron chi connectivity index (χ3n) is 10.2. The van der Waals surface area contributed by atoms with Gasteiger partial charge in [0, 0.05) is 19.4 Å². The summed E-state index contributed by atoms with van der Waals surface area (Å²) in [6.45, 7) is 4.32. The van der Waals surface area contributed by atoms with Crippen LogP contribution in [0.2, 0.25) is 0 Å². The Balaban J connectivity index is 4.21. The van der Waals surface area contributed by atoms with Gasteiger partial charge in [-0.2, -0.15) is 0 Å². The van der Waals surface area contributed by atoms with Crippen LogP contribution in [0.1, 0.15) is 219 Å². The van der Waals surface area contributed by atoms with E-state index < -0.39 is 26.5 Å². The molecule has 0 aromatic carbocycles. The van der Waals surface area contributed by atoms with E-state index >= 15 is 0 Å². The van der Waals surface area contributed by atoms with Crippen LogP contribution in [0, 0.1) is 0 Å². The molecule has 0 saturated carbocycles. The van der Waals surface area contributed by atoms with Crippen molar-refractivity contribution < 1.29 is 37.6 Å². The molecule has 0 saturated heterocycles. The normalized spacial score (nSPS) is 13.5. The van der Waals surface area contributed by atoms with Crippen molar-refractivity contribution in [1.29, 1.82) is 0 Å². The molecule has 336 valence electrons. The van der Waals surface area contributed by atoms with Gasteiger partial charge in [0.05, 0.1) is 13.2 Å². The Kier molecular flexibility index (Phi) is 41.5. The first-order valence-corrected chi connectivity index (χ1v) is 25.1. The van der Waals surface area contributed by atoms with Gasteiger partial charge < -0.3 is 19.3 Å². The number of esters is 2. The molecule has 2 unspecified atom stereocenters. The van der Waals surface area contributed by atoms with E-state index in [4.69, 9.17) is 18.5 Å². The summed E-state index contributed by atoms with van der Waals surface area (Å²) in [5.41, 5.74) is 0. The van der Waals surface area contributed by atoms with Crippen molar-refractivity contribution in [2.24, 2.45) is 0 Å². The zero-order chi connectivity index (χ0) is 41.9. The van der Waals surface area contributed by atoms with E-state index in [-0.39, 0.29) is 32.0 Å². The molecule has 0 fully saturated rings. The summed E-state index contributed by atoms with van der Waals surface area (Å²) in [7, 11) is -0.710. The molecule has 2 atom stereocenters. The lowest BCUT2D eigenvalue weighted by Gasteiger charge is -2.20. The van der Waals surface area contributed by atoms with Gasteiger partial charge in [0.15, 0.2) is 6.10 Å². The second kappa shape index (κ2) is 42.6. The highest BCUT2D eigenvalue weighted by atomic mass is 31.2. The van der Waals surface area contributed by atoms with Crippen molar-refractivity contribution in [2.45, 2.75) is 225 Å². The molecule has 57 heavy (non-hydrogen) atoms. The average Bonchev–Trinajstić information content (AvgIpc) is 3.18. The third-order valence-corrected chi connectivity index (χ3v) is 11.2. The number of carbonyl (C=O) groups is 2. The van der Waals surface area contributed by atoms with E-state index in [0.717, 1.165) is 44.9 Å². The number of allylic oxidation sites excluding steroid dienone is 4. The number of unbranched alkanes of at least 4 members (excludes halogenated alkanes) is 26. The standard InChI is InChI=1S/C47H90NO8P/c1-5-7-9-11-13-15-17-19-21-22-23-24-26-27-29-31-33-35-37-39-46(49)53-43-45(44-55-57(51,52)54-42-41-48(3)4)56-47(50)40-38-36-34-32-30-28-25-20-18-16-14-12-10-8-6-2/h16,18-19,21,45H,5-15,17,20,22-44H2,1-4H3,(H,51,52)/b18-16-,21-19-. The van der Waals surface area contributed by atoms with Crippen LogP contribution in [-0.2, 0) is 32.7 Å². The number of carbonyl (C=O) groups excluding carboxylic acids is 2. The van der Waals surface area contributed by atoms with Crippen molar-refractivity contribution in [1.82, 2.24) is 4.90 Å². The maximum absolute atomic E-state index is 12.7. The first-order chi connectivity index (χ1) is 27.7. The van der Waals surface area contributed by atoms with E-state index in [2.05, 4.69) is 38.2 Å². The van der Waals surface area contributed by atoms with Crippen molar-refractivity contribution >= 4 is 19.8 Å². The number of phosphoric ester groups is 1. The zero-order valence-corrected chi connectivity index (χ0v) is 38.4. The number of hydrogen-bond acceptors (Lipinski definition) is 8. The van der Waals surface area contributed by atoms with Crippen molar-refractivity contribution in [3.63, 3.8) is 0 Å². The van der Waals surface area contributed by atoms with Crippen LogP contribution in [0.5, 0.6) is 0 Å². The topological polar surface area (TPSA) is 112 Å². The van der Waals surface area contributed by atoms with Crippen molar-refractivity contribution in [2.75, 3.05) is 40.5 Å². The Labute approximate surface area is 351 Å². The van der Waals surface area contributed by atoms with Crippen molar-refractivity contribution in [3.8, 4) is 0 Å². The van der Waals surface area contributed by atoms with Crippen LogP contribution in [0.4, 0.5) is 0 Å². The number of hydrogen-bond donors (Lipinski definition) is 1. The second-order valence-corrected chi connectivity index (χ2v) is 17.7. The molecule has 0 aliphatic carbocycles. The van der Waals surface area contributed by atoms with Crippen molar-refractivity contribution in [3.05, 3.63) is 24.3 Å². The molecule has 0 aliphatic rings. The Morgan fingerprint density at radius 1 is 0.526 bits per heavy atom. The highest BCUT2D eigenvalue weighted by Gasteiger charge is 2.26. The summed E-state index contributed by atoms with van der Waals surface area (Å²) >= 11 is 0. The van der Waals surface area contributed by atoms with Gasteiger partial charge in [0.25, 0.3) is 0 Å². The van der Waals surface area contributed by atoms with Gasteiger partial charge in [-0.15, -0.1) is 0 Å². The van der Waals surface area contributed by atoms with Crippen LogP contribution in [0.25, 0.3) is 0 Å². The molecule has 0 amide bonds. The molecule has 10 heteroatoms. The van der Waals surface area contributed by atoms with E-state index in [9.17, 15) is 19.0 Å². The molecule has 0 rings (SSSR count). The smallest absolute Gasteiger partial charge is 0.462 e.